The molecule has 0 bridgehead atoms. The number of rotatable bonds is 5. The van der Waals surface area contributed by atoms with Gasteiger partial charge in [0.1, 0.15) is 5.82 Å². The van der Waals surface area contributed by atoms with Gasteiger partial charge in [-0.3, -0.25) is 0 Å². The third-order valence-electron chi connectivity index (χ3n) is 4.73. The Morgan fingerprint density at radius 1 is 1.18 bits per heavy atom. The molecule has 0 atom stereocenters. The van der Waals surface area contributed by atoms with Gasteiger partial charge in [-0.2, -0.15) is 0 Å². The number of aryl methyl sites for hydroxylation is 1. The van der Waals surface area contributed by atoms with Crippen molar-refractivity contribution in [2.75, 3.05) is 5.75 Å². The highest BCUT2D eigenvalue weighted by molar-refractivity contribution is 7.90. The first-order valence-electron chi connectivity index (χ1n) is 8.31. The second kappa shape index (κ2) is 6.41. The van der Waals surface area contributed by atoms with Crippen molar-refractivity contribution in [1.29, 1.82) is 0 Å². The SMILES string of the molecule is CCS(=O)(=O)n1c(CCC2CCCCC2)nc2ccccc21. The van der Waals surface area contributed by atoms with E-state index in [2.05, 4.69) is 4.98 Å². The summed E-state index contributed by atoms with van der Waals surface area (Å²) in [4.78, 5) is 4.60. The zero-order valence-corrected chi connectivity index (χ0v) is 14.0. The lowest BCUT2D eigenvalue weighted by atomic mass is 9.86. The minimum atomic E-state index is -3.31. The summed E-state index contributed by atoms with van der Waals surface area (Å²) in [5.74, 6) is 1.53. The van der Waals surface area contributed by atoms with Crippen LogP contribution in [-0.4, -0.2) is 23.1 Å². The third-order valence-corrected chi connectivity index (χ3v) is 6.42. The summed E-state index contributed by atoms with van der Waals surface area (Å²) in [6.45, 7) is 1.69. The Morgan fingerprint density at radius 2 is 1.91 bits per heavy atom. The second-order valence-electron chi connectivity index (χ2n) is 6.22. The number of hydrogen-bond acceptors (Lipinski definition) is 3. The molecule has 4 nitrogen and oxygen atoms in total. The highest BCUT2D eigenvalue weighted by Crippen LogP contribution is 2.28. The topological polar surface area (TPSA) is 52.0 Å². The molecule has 0 N–H and O–H groups in total. The van der Waals surface area contributed by atoms with Gasteiger partial charge in [0.15, 0.2) is 0 Å². The van der Waals surface area contributed by atoms with Gasteiger partial charge in [-0.1, -0.05) is 44.2 Å². The molecule has 0 unspecified atom stereocenters. The van der Waals surface area contributed by atoms with Crippen LogP contribution in [0.1, 0.15) is 51.3 Å². The quantitative estimate of drug-likeness (QED) is 0.843. The van der Waals surface area contributed by atoms with Crippen LogP contribution in [-0.2, 0) is 16.4 Å². The molecular formula is C17H24N2O2S. The van der Waals surface area contributed by atoms with Gasteiger partial charge in [0.2, 0.25) is 10.0 Å². The molecule has 3 rings (SSSR count). The van der Waals surface area contributed by atoms with E-state index in [-0.39, 0.29) is 5.75 Å². The van der Waals surface area contributed by atoms with Gasteiger partial charge >= 0.3 is 0 Å². The molecular weight excluding hydrogens is 296 g/mol. The van der Waals surface area contributed by atoms with Crippen molar-refractivity contribution in [1.82, 2.24) is 8.96 Å². The van der Waals surface area contributed by atoms with Crippen LogP contribution in [0.2, 0.25) is 0 Å². The second-order valence-corrected chi connectivity index (χ2v) is 8.33. The summed E-state index contributed by atoms with van der Waals surface area (Å²) >= 11 is 0. The van der Waals surface area contributed by atoms with E-state index in [0.29, 0.717) is 11.3 Å². The number of imidazole rings is 1. The molecule has 0 amide bonds. The van der Waals surface area contributed by atoms with E-state index in [9.17, 15) is 8.42 Å². The lowest BCUT2D eigenvalue weighted by molar-refractivity contribution is 0.337. The lowest BCUT2D eigenvalue weighted by Crippen LogP contribution is -2.18. The first kappa shape index (κ1) is 15.5. The molecule has 120 valence electrons. The van der Waals surface area contributed by atoms with Crippen LogP contribution in [0.5, 0.6) is 0 Å². The summed E-state index contributed by atoms with van der Waals surface area (Å²) in [5.41, 5.74) is 1.49. The zero-order chi connectivity index (χ0) is 15.6. The van der Waals surface area contributed by atoms with Crippen LogP contribution in [0.15, 0.2) is 24.3 Å². The maximum Gasteiger partial charge on any atom is 0.240 e. The molecule has 1 saturated carbocycles. The molecule has 0 spiro atoms. The fourth-order valence-corrected chi connectivity index (χ4v) is 4.63. The number of hydrogen-bond donors (Lipinski definition) is 0. The molecule has 1 aromatic carbocycles. The van der Waals surface area contributed by atoms with Gasteiger partial charge in [0.25, 0.3) is 0 Å². The maximum absolute atomic E-state index is 12.5. The summed E-state index contributed by atoms with van der Waals surface area (Å²) < 4.78 is 26.4. The van der Waals surface area contributed by atoms with E-state index in [1.54, 1.807) is 6.92 Å². The highest BCUT2D eigenvalue weighted by Gasteiger charge is 2.21. The average Bonchev–Trinajstić information content (AvgIpc) is 2.93. The van der Waals surface area contributed by atoms with Crippen molar-refractivity contribution < 1.29 is 8.42 Å². The van der Waals surface area contributed by atoms with Crippen molar-refractivity contribution >= 4 is 21.1 Å². The molecule has 1 fully saturated rings. The molecule has 1 aromatic heterocycles. The van der Waals surface area contributed by atoms with Crippen molar-refractivity contribution in [3.8, 4) is 0 Å². The summed E-state index contributed by atoms with van der Waals surface area (Å²) in [6.07, 6.45) is 8.32. The minimum absolute atomic E-state index is 0.101. The Hall–Kier alpha value is -1.36. The minimum Gasteiger partial charge on any atom is -0.232 e. The molecule has 0 aliphatic heterocycles. The van der Waals surface area contributed by atoms with E-state index in [1.165, 1.54) is 36.1 Å². The number of para-hydroxylation sites is 2. The van der Waals surface area contributed by atoms with E-state index in [4.69, 9.17) is 0 Å². The molecule has 0 radical (unpaired) electrons. The van der Waals surface area contributed by atoms with Gasteiger partial charge in [0, 0.05) is 6.42 Å². The van der Waals surface area contributed by atoms with Crippen LogP contribution < -0.4 is 0 Å². The fraction of sp³-hybridized carbons (Fsp3) is 0.588. The van der Waals surface area contributed by atoms with Gasteiger partial charge in [-0.25, -0.2) is 17.4 Å². The first-order valence-corrected chi connectivity index (χ1v) is 9.92. The van der Waals surface area contributed by atoms with E-state index in [1.807, 2.05) is 24.3 Å². The van der Waals surface area contributed by atoms with Gasteiger partial charge < -0.3 is 0 Å². The van der Waals surface area contributed by atoms with E-state index in [0.717, 1.165) is 24.3 Å². The first-order chi connectivity index (χ1) is 10.6. The Bertz CT molecular complexity index is 743. The van der Waals surface area contributed by atoms with Crippen molar-refractivity contribution in [3.05, 3.63) is 30.1 Å². The maximum atomic E-state index is 12.5. The monoisotopic (exact) mass is 320 g/mol. The largest absolute Gasteiger partial charge is 0.240 e. The predicted octanol–water partition coefficient (Wildman–Crippen LogP) is 3.75. The highest BCUT2D eigenvalue weighted by atomic mass is 32.2. The van der Waals surface area contributed by atoms with E-state index >= 15 is 0 Å². The predicted molar refractivity (Wildman–Crippen MR) is 89.5 cm³/mol. The zero-order valence-electron chi connectivity index (χ0n) is 13.2. The van der Waals surface area contributed by atoms with Gasteiger partial charge in [0.05, 0.1) is 16.8 Å². The summed E-state index contributed by atoms with van der Waals surface area (Å²) in [6, 6.07) is 7.51. The molecule has 2 aromatic rings. The number of aromatic nitrogens is 2. The summed E-state index contributed by atoms with van der Waals surface area (Å²) in [7, 11) is -3.31. The number of nitrogens with zero attached hydrogens (tertiary/aromatic N) is 2. The Balaban J connectivity index is 1.92. The Labute approximate surface area is 132 Å². The molecule has 22 heavy (non-hydrogen) atoms. The average molecular weight is 320 g/mol. The van der Waals surface area contributed by atoms with E-state index < -0.39 is 10.0 Å². The number of benzene rings is 1. The molecule has 1 aliphatic rings. The summed E-state index contributed by atoms with van der Waals surface area (Å²) in [5, 5.41) is 0. The van der Waals surface area contributed by atoms with Gasteiger partial charge in [-0.15, -0.1) is 0 Å². The van der Waals surface area contributed by atoms with Crippen molar-refractivity contribution in [3.63, 3.8) is 0 Å². The smallest absolute Gasteiger partial charge is 0.232 e. The molecule has 1 aliphatic carbocycles. The van der Waals surface area contributed by atoms with Gasteiger partial charge in [-0.05, 0) is 31.4 Å². The van der Waals surface area contributed by atoms with Crippen molar-refractivity contribution in [2.24, 2.45) is 5.92 Å². The Morgan fingerprint density at radius 3 is 2.64 bits per heavy atom. The lowest BCUT2D eigenvalue weighted by Gasteiger charge is -2.21. The molecule has 0 saturated heterocycles. The fourth-order valence-electron chi connectivity index (χ4n) is 3.46. The van der Waals surface area contributed by atoms with Crippen LogP contribution in [0, 0.1) is 5.92 Å². The standard InChI is InChI=1S/C17H24N2O2S/c1-2-22(20,21)19-16-11-7-6-10-15(16)18-17(19)13-12-14-8-4-3-5-9-14/h6-7,10-11,14H,2-5,8-9,12-13H2,1H3. The number of fused-ring (bicyclic) bond motifs is 1. The van der Waals surface area contributed by atoms with Crippen LogP contribution >= 0.6 is 0 Å². The molecule has 1 heterocycles. The van der Waals surface area contributed by atoms with Crippen molar-refractivity contribution in [2.45, 2.75) is 51.9 Å². The van der Waals surface area contributed by atoms with Crippen LogP contribution in [0.25, 0.3) is 11.0 Å². The Kier molecular flexibility index (Phi) is 4.52. The molecule has 5 heteroatoms. The third kappa shape index (κ3) is 3.05. The van der Waals surface area contributed by atoms with Crippen LogP contribution in [0.3, 0.4) is 0 Å². The van der Waals surface area contributed by atoms with Crippen LogP contribution in [0.4, 0.5) is 0 Å². The normalized spacial score (nSPS) is 17.1.